The van der Waals surface area contributed by atoms with Crippen molar-refractivity contribution in [3.8, 4) is 0 Å². The summed E-state index contributed by atoms with van der Waals surface area (Å²) in [6, 6.07) is 0.366. The van der Waals surface area contributed by atoms with Crippen LogP contribution in [0.3, 0.4) is 0 Å². The summed E-state index contributed by atoms with van der Waals surface area (Å²) in [5, 5.41) is 3.37. The minimum Gasteiger partial charge on any atom is -0.374 e. The predicted molar refractivity (Wildman–Crippen MR) is 71.3 cm³/mol. The molecule has 1 heterocycles. The molecule has 0 radical (unpaired) electrons. The van der Waals surface area contributed by atoms with Gasteiger partial charge in [-0.2, -0.15) is 0 Å². The van der Waals surface area contributed by atoms with Crippen LogP contribution >= 0.6 is 0 Å². The summed E-state index contributed by atoms with van der Waals surface area (Å²) >= 11 is 0. The van der Waals surface area contributed by atoms with Crippen LogP contribution in [0.1, 0.15) is 50.3 Å². The molecule has 1 N–H and O–H groups in total. The van der Waals surface area contributed by atoms with Crippen LogP contribution in [-0.2, 0) is 17.8 Å². The average Bonchev–Trinajstić information content (AvgIpc) is 2.33. The smallest absolute Gasteiger partial charge is 0.154 e. The molecular weight excluding hydrogens is 226 g/mol. The van der Waals surface area contributed by atoms with E-state index in [-0.39, 0.29) is 5.41 Å². The Kier molecular flexibility index (Phi) is 3.97. The van der Waals surface area contributed by atoms with Crippen LogP contribution in [0.5, 0.6) is 0 Å². The molecule has 18 heavy (non-hydrogen) atoms. The fourth-order valence-corrected chi connectivity index (χ4v) is 2.61. The lowest BCUT2D eigenvalue weighted by Crippen LogP contribution is -2.32. The van der Waals surface area contributed by atoms with Gasteiger partial charge in [-0.25, -0.2) is 9.97 Å². The second kappa shape index (κ2) is 5.33. The molecule has 1 aliphatic rings. The molecule has 1 aliphatic carbocycles. The van der Waals surface area contributed by atoms with E-state index < -0.39 is 0 Å². The summed E-state index contributed by atoms with van der Waals surface area (Å²) in [6.07, 6.45) is 4.11. The molecule has 1 atom stereocenters. The Labute approximate surface area is 109 Å². The Balaban J connectivity index is 2.27. The van der Waals surface area contributed by atoms with Crippen LogP contribution < -0.4 is 5.32 Å². The van der Waals surface area contributed by atoms with E-state index in [1.165, 1.54) is 11.3 Å². The van der Waals surface area contributed by atoms with Crippen LogP contribution in [0.15, 0.2) is 6.20 Å². The molecule has 0 saturated carbocycles. The van der Waals surface area contributed by atoms with E-state index in [4.69, 9.17) is 4.74 Å². The van der Waals surface area contributed by atoms with Crippen LogP contribution in [0.2, 0.25) is 0 Å². The van der Waals surface area contributed by atoms with Gasteiger partial charge in [-0.05, 0) is 32.2 Å². The molecule has 4 heteroatoms. The van der Waals surface area contributed by atoms with E-state index in [1.54, 1.807) is 0 Å². The summed E-state index contributed by atoms with van der Waals surface area (Å²) in [4.78, 5) is 9.07. The van der Waals surface area contributed by atoms with Gasteiger partial charge in [0, 0.05) is 30.1 Å². The van der Waals surface area contributed by atoms with Crippen LogP contribution in [0, 0.1) is 5.41 Å². The van der Waals surface area contributed by atoms with E-state index in [0.29, 0.717) is 19.3 Å². The molecule has 0 aromatic carbocycles. The van der Waals surface area contributed by atoms with Gasteiger partial charge in [0.05, 0.1) is 0 Å². The molecule has 0 aliphatic heterocycles. The van der Waals surface area contributed by atoms with Gasteiger partial charge in [0.25, 0.3) is 0 Å². The maximum absolute atomic E-state index is 5.38. The molecule has 0 amide bonds. The number of fused-ring (bicyclic) bond motifs is 1. The van der Waals surface area contributed by atoms with Gasteiger partial charge >= 0.3 is 0 Å². The summed E-state index contributed by atoms with van der Waals surface area (Å²) in [5.41, 5.74) is 2.71. The highest BCUT2D eigenvalue weighted by Gasteiger charge is 2.32. The molecular formula is C14H23N3O. The highest BCUT2D eigenvalue weighted by molar-refractivity contribution is 5.26. The molecule has 100 valence electrons. The summed E-state index contributed by atoms with van der Waals surface area (Å²) in [7, 11) is 2.00. The van der Waals surface area contributed by atoms with Gasteiger partial charge < -0.3 is 10.1 Å². The van der Waals surface area contributed by atoms with Crippen molar-refractivity contribution >= 4 is 0 Å². The monoisotopic (exact) mass is 249 g/mol. The zero-order valence-corrected chi connectivity index (χ0v) is 11.8. The molecule has 1 aromatic rings. The van der Waals surface area contributed by atoms with Crippen molar-refractivity contribution in [2.24, 2.45) is 5.41 Å². The van der Waals surface area contributed by atoms with Crippen molar-refractivity contribution in [1.82, 2.24) is 15.3 Å². The SMILES string of the molecule is CCOCc1ncc2c(n1)CC(C)(C)CC2NC. The van der Waals surface area contributed by atoms with Crippen LogP contribution in [0.4, 0.5) is 0 Å². The van der Waals surface area contributed by atoms with E-state index >= 15 is 0 Å². The van der Waals surface area contributed by atoms with E-state index in [0.717, 1.165) is 18.7 Å². The first kappa shape index (κ1) is 13.4. The van der Waals surface area contributed by atoms with Gasteiger partial charge in [-0.3, -0.25) is 0 Å². The highest BCUT2D eigenvalue weighted by Crippen LogP contribution is 2.39. The predicted octanol–water partition coefficient (Wildman–Crippen LogP) is 2.25. The molecule has 0 saturated heterocycles. The average molecular weight is 249 g/mol. The standard InChI is InChI=1S/C14H23N3O/c1-5-18-9-13-16-8-10-11(15-4)6-14(2,3)7-12(10)17-13/h8,11,15H,5-7,9H2,1-4H3. The van der Waals surface area contributed by atoms with Crippen molar-refractivity contribution in [2.75, 3.05) is 13.7 Å². The van der Waals surface area contributed by atoms with E-state index in [9.17, 15) is 0 Å². The van der Waals surface area contributed by atoms with Gasteiger partial charge in [-0.15, -0.1) is 0 Å². The fraction of sp³-hybridized carbons (Fsp3) is 0.714. The number of nitrogens with zero attached hydrogens (tertiary/aromatic N) is 2. The number of rotatable bonds is 4. The second-order valence-corrected chi connectivity index (χ2v) is 5.71. The maximum Gasteiger partial charge on any atom is 0.154 e. The second-order valence-electron chi connectivity index (χ2n) is 5.71. The van der Waals surface area contributed by atoms with Crippen molar-refractivity contribution in [2.45, 2.75) is 46.3 Å². The van der Waals surface area contributed by atoms with Crippen molar-refractivity contribution < 1.29 is 4.74 Å². The van der Waals surface area contributed by atoms with Crippen LogP contribution in [0.25, 0.3) is 0 Å². The maximum atomic E-state index is 5.38. The van der Waals surface area contributed by atoms with Gasteiger partial charge in [0.2, 0.25) is 0 Å². The van der Waals surface area contributed by atoms with E-state index in [1.807, 2.05) is 20.2 Å². The van der Waals surface area contributed by atoms with Gasteiger partial charge in [0.15, 0.2) is 5.82 Å². The first-order valence-corrected chi connectivity index (χ1v) is 6.65. The summed E-state index contributed by atoms with van der Waals surface area (Å²) in [6.45, 7) is 7.78. The normalized spacial score (nSPS) is 21.7. The molecule has 0 spiro atoms. The number of nitrogens with one attached hydrogen (secondary N) is 1. The zero-order valence-electron chi connectivity index (χ0n) is 11.8. The lowest BCUT2D eigenvalue weighted by molar-refractivity contribution is 0.127. The Morgan fingerprint density at radius 2 is 2.28 bits per heavy atom. The molecule has 4 nitrogen and oxygen atoms in total. The Morgan fingerprint density at radius 1 is 1.50 bits per heavy atom. The van der Waals surface area contributed by atoms with Crippen molar-refractivity contribution in [3.63, 3.8) is 0 Å². The highest BCUT2D eigenvalue weighted by atomic mass is 16.5. The largest absolute Gasteiger partial charge is 0.374 e. The number of hydrogen-bond donors (Lipinski definition) is 1. The first-order chi connectivity index (χ1) is 8.55. The summed E-state index contributed by atoms with van der Waals surface area (Å²) in [5.74, 6) is 0.795. The number of hydrogen-bond acceptors (Lipinski definition) is 4. The Hall–Kier alpha value is -1.00. The summed E-state index contributed by atoms with van der Waals surface area (Å²) < 4.78 is 5.38. The molecule has 1 unspecified atom stereocenters. The lowest BCUT2D eigenvalue weighted by Gasteiger charge is -2.36. The lowest BCUT2D eigenvalue weighted by atomic mass is 9.74. The third-order valence-corrected chi connectivity index (χ3v) is 3.51. The first-order valence-electron chi connectivity index (χ1n) is 6.65. The Morgan fingerprint density at radius 3 is 2.94 bits per heavy atom. The fourth-order valence-electron chi connectivity index (χ4n) is 2.61. The van der Waals surface area contributed by atoms with Gasteiger partial charge in [0.1, 0.15) is 6.61 Å². The van der Waals surface area contributed by atoms with Crippen molar-refractivity contribution in [1.29, 1.82) is 0 Å². The minimum atomic E-state index is 0.290. The topological polar surface area (TPSA) is 47.0 Å². The molecule has 0 fully saturated rings. The van der Waals surface area contributed by atoms with Gasteiger partial charge in [-0.1, -0.05) is 13.8 Å². The Bertz CT molecular complexity index is 418. The zero-order chi connectivity index (χ0) is 13.2. The third-order valence-electron chi connectivity index (χ3n) is 3.51. The quantitative estimate of drug-likeness (QED) is 0.889. The third kappa shape index (κ3) is 2.87. The molecule has 1 aromatic heterocycles. The number of aromatic nitrogens is 2. The molecule has 0 bridgehead atoms. The molecule has 2 rings (SSSR count). The van der Waals surface area contributed by atoms with Crippen molar-refractivity contribution in [3.05, 3.63) is 23.3 Å². The number of ether oxygens (including phenoxy) is 1. The minimum absolute atomic E-state index is 0.290. The van der Waals surface area contributed by atoms with Crippen LogP contribution in [-0.4, -0.2) is 23.6 Å². The van der Waals surface area contributed by atoms with E-state index in [2.05, 4.69) is 29.1 Å².